The highest BCUT2D eigenvalue weighted by Crippen LogP contribution is 2.12. The van der Waals surface area contributed by atoms with E-state index < -0.39 is 5.60 Å². The van der Waals surface area contributed by atoms with Crippen LogP contribution in [0.25, 0.3) is 0 Å². The number of rotatable bonds is 7. The van der Waals surface area contributed by atoms with Crippen LogP contribution >= 0.6 is 0 Å². The average molecular weight is 313 g/mol. The van der Waals surface area contributed by atoms with Gasteiger partial charge in [-0.25, -0.2) is 4.79 Å². The summed E-state index contributed by atoms with van der Waals surface area (Å²) >= 11 is 0. The fourth-order valence-electron chi connectivity index (χ4n) is 2.78. The number of carbonyl (C=O) groups excluding carboxylic acids is 1. The molecule has 1 fully saturated rings. The Bertz CT molecular complexity index is 333. The minimum absolute atomic E-state index is 0.142. The van der Waals surface area contributed by atoms with Crippen molar-refractivity contribution in [3.8, 4) is 0 Å². The third-order valence-electron chi connectivity index (χ3n) is 3.90. The first kappa shape index (κ1) is 19.2. The largest absolute Gasteiger partial charge is 0.444 e. The van der Waals surface area contributed by atoms with Crippen LogP contribution < -0.4 is 10.6 Å². The number of hydrogen-bond donors (Lipinski definition) is 2. The van der Waals surface area contributed by atoms with Crippen molar-refractivity contribution in [3.05, 3.63) is 0 Å². The van der Waals surface area contributed by atoms with E-state index in [4.69, 9.17) is 4.74 Å². The van der Waals surface area contributed by atoms with Gasteiger partial charge in [-0.1, -0.05) is 0 Å². The van der Waals surface area contributed by atoms with Gasteiger partial charge in [-0.3, -0.25) is 0 Å². The molecule has 22 heavy (non-hydrogen) atoms. The third kappa shape index (κ3) is 7.45. The normalized spacial score (nSPS) is 20.2. The molecule has 5 nitrogen and oxygen atoms in total. The van der Waals surface area contributed by atoms with Gasteiger partial charge in [0.2, 0.25) is 0 Å². The number of nitrogens with one attached hydrogen (secondary N) is 2. The number of amides is 1. The standard InChI is InChI=1S/C17H35N3O2/c1-13(2)20(16(21)22-17(4,5)6)11-10-18-14(3)12-15-8-7-9-19-15/h13-15,18-19H,7-12H2,1-6H3. The second-order valence-electron chi connectivity index (χ2n) is 7.65. The molecule has 1 aliphatic rings. The second-order valence-corrected chi connectivity index (χ2v) is 7.65. The smallest absolute Gasteiger partial charge is 0.410 e. The van der Waals surface area contributed by atoms with E-state index in [0.29, 0.717) is 18.6 Å². The lowest BCUT2D eigenvalue weighted by Crippen LogP contribution is -2.45. The summed E-state index contributed by atoms with van der Waals surface area (Å²) in [7, 11) is 0. The number of nitrogens with zero attached hydrogens (tertiary/aromatic N) is 1. The molecule has 0 aliphatic carbocycles. The van der Waals surface area contributed by atoms with Crippen LogP contribution in [0.15, 0.2) is 0 Å². The summed E-state index contributed by atoms with van der Waals surface area (Å²) in [6, 6.07) is 1.25. The molecule has 0 saturated carbocycles. The summed E-state index contributed by atoms with van der Waals surface area (Å²) in [6.45, 7) is 14.6. The molecule has 0 aromatic heterocycles. The molecule has 1 rings (SSSR count). The van der Waals surface area contributed by atoms with Gasteiger partial charge < -0.3 is 20.3 Å². The number of ether oxygens (including phenoxy) is 1. The lowest BCUT2D eigenvalue weighted by Gasteiger charge is -2.30. The number of hydrogen-bond acceptors (Lipinski definition) is 4. The molecule has 1 aliphatic heterocycles. The molecule has 0 bridgehead atoms. The molecule has 1 saturated heterocycles. The van der Waals surface area contributed by atoms with Gasteiger partial charge in [0.1, 0.15) is 5.60 Å². The molecule has 1 heterocycles. The van der Waals surface area contributed by atoms with Crippen molar-refractivity contribution >= 4 is 6.09 Å². The van der Waals surface area contributed by atoms with Gasteiger partial charge in [-0.15, -0.1) is 0 Å². The minimum atomic E-state index is -0.445. The molecule has 0 aromatic carbocycles. The Hall–Kier alpha value is -0.810. The Labute approximate surface area is 136 Å². The van der Waals surface area contributed by atoms with Crippen LogP contribution in [0.4, 0.5) is 4.79 Å². The summed E-state index contributed by atoms with van der Waals surface area (Å²) < 4.78 is 5.48. The highest BCUT2D eigenvalue weighted by Gasteiger charge is 2.24. The highest BCUT2D eigenvalue weighted by atomic mass is 16.6. The molecule has 0 aromatic rings. The van der Waals surface area contributed by atoms with Crippen molar-refractivity contribution in [2.75, 3.05) is 19.6 Å². The minimum Gasteiger partial charge on any atom is -0.444 e. The Morgan fingerprint density at radius 3 is 2.55 bits per heavy atom. The van der Waals surface area contributed by atoms with Gasteiger partial charge in [-0.2, -0.15) is 0 Å². The Morgan fingerprint density at radius 2 is 2.05 bits per heavy atom. The van der Waals surface area contributed by atoms with Crippen molar-refractivity contribution in [2.45, 2.75) is 84.5 Å². The molecule has 130 valence electrons. The summed E-state index contributed by atoms with van der Waals surface area (Å²) in [6.07, 6.45) is 3.49. The van der Waals surface area contributed by atoms with E-state index in [1.165, 1.54) is 12.8 Å². The first-order chi connectivity index (χ1) is 10.2. The lowest BCUT2D eigenvalue weighted by molar-refractivity contribution is 0.0192. The topological polar surface area (TPSA) is 53.6 Å². The molecular weight excluding hydrogens is 278 g/mol. The van der Waals surface area contributed by atoms with Crippen LogP contribution in [0.2, 0.25) is 0 Å². The maximum atomic E-state index is 12.2. The average Bonchev–Trinajstić information content (AvgIpc) is 2.84. The Balaban J connectivity index is 2.32. The van der Waals surface area contributed by atoms with Crippen molar-refractivity contribution in [3.63, 3.8) is 0 Å². The number of carbonyl (C=O) groups is 1. The summed E-state index contributed by atoms with van der Waals surface area (Å²) in [5.74, 6) is 0. The summed E-state index contributed by atoms with van der Waals surface area (Å²) in [5.41, 5.74) is -0.445. The van der Waals surface area contributed by atoms with E-state index in [0.717, 1.165) is 19.5 Å². The van der Waals surface area contributed by atoms with Gasteiger partial charge in [-0.05, 0) is 67.3 Å². The molecule has 2 unspecified atom stereocenters. The van der Waals surface area contributed by atoms with Crippen molar-refractivity contribution in [1.29, 1.82) is 0 Å². The van der Waals surface area contributed by atoms with Crippen molar-refractivity contribution in [1.82, 2.24) is 15.5 Å². The summed E-state index contributed by atoms with van der Waals surface area (Å²) in [4.78, 5) is 14.0. The van der Waals surface area contributed by atoms with Gasteiger partial charge in [0.25, 0.3) is 0 Å². The van der Waals surface area contributed by atoms with Crippen LogP contribution in [0.1, 0.15) is 60.8 Å². The molecule has 0 radical (unpaired) electrons. The van der Waals surface area contributed by atoms with E-state index in [1.54, 1.807) is 4.90 Å². The van der Waals surface area contributed by atoms with Gasteiger partial charge in [0.15, 0.2) is 0 Å². The Morgan fingerprint density at radius 1 is 1.36 bits per heavy atom. The predicted molar refractivity (Wildman–Crippen MR) is 91.2 cm³/mol. The fourth-order valence-corrected chi connectivity index (χ4v) is 2.78. The van der Waals surface area contributed by atoms with Gasteiger partial charge >= 0.3 is 6.09 Å². The molecule has 2 atom stereocenters. The van der Waals surface area contributed by atoms with Crippen LogP contribution in [0.5, 0.6) is 0 Å². The zero-order chi connectivity index (χ0) is 16.8. The molecule has 2 N–H and O–H groups in total. The van der Waals surface area contributed by atoms with Crippen LogP contribution in [-0.4, -0.2) is 54.4 Å². The van der Waals surface area contributed by atoms with E-state index in [1.807, 2.05) is 34.6 Å². The van der Waals surface area contributed by atoms with Crippen LogP contribution in [0, 0.1) is 0 Å². The van der Waals surface area contributed by atoms with Crippen molar-refractivity contribution in [2.24, 2.45) is 0 Å². The lowest BCUT2D eigenvalue weighted by atomic mass is 10.1. The molecule has 0 spiro atoms. The zero-order valence-corrected chi connectivity index (χ0v) is 15.2. The first-order valence-corrected chi connectivity index (χ1v) is 8.65. The second kappa shape index (κ2) is 8.73. The zero-order valence-electron chi connectivity index (χ0n) is 15.2. The maximum absolute atomic E-state index is 12.2. The van der Waals surface area contributed by atoms with E-state index in [9.17, 15) is 4.79 Å². The van der Waals surface area contributed by atoms with E-state index >= 15 is 0 Å². The predicted octanol–water partition coefficient (Wildman–Crippen LogP) is 2.75. The van der Waals surface area contributed by atoms with Crippen LogP contribution in [-0.2, 0) is 4.74 Å². The first-order valence-electron chi connectivity index (χ1n) is 8.65. The quantitative estimate of drug-likeness (QED) is 0.759. The van der Waals surface area contributed by atoms with Gasteiger partial charge in [0.05, 0.1) is 0 Å². The van der Waals surface area contributed by atoms with E-state index in [2.05, 4.69) is 17.6 Å². The van der Waals surface area contributed by atoms with E-state index in [-0.39, 0.29) is 12.1 Å². The highest BCUT2D eigenvalue weighted by molar-refractivity contribution is 5.68. The molecule has 5 heteroatoms. The molecular formula is C17H35N3O2. The maximum Gasteiger partial charge on any atom is 0.410 e. The Kier molecular flexibility index (Phi) is 7.63. The fraction of sp³-hybridized carbons (Fsp3) is 0.941. The summed E-state index contributed by atoms with van der Waals surface area (Å²) in [5, 5.41) is 7.05. The van der Waals surface area contributed by atoms with Crippen LogP contribution in [0.3, 0.4) is 0 Å². The SMILES string of the molecule is CC(CC1CCCN1)NCCN(C(=O)OC(C)(C)C)C(C)C. The molecule has 1 amide bonds. The van der Waals surface area contributed by atoms with Gasteiger partial charge in [0, 0.05) is 31.2 Å². The third-order valence-corrected chi connectivity index (χ3v) is 3.90. The monoisotopic (exact) mass is 313 g/mol. The van der Waals surface area contributed by atoms with Crippen molar-refractivity contribution < 1.29 is 9.53 Å².